The second-order valence-electron chi connectivity index (χ2n) is 3.96. The molecule has 2 rings (SSSR count). The Hall–Kier alpha value is -0.930. The molecule has 1 saturated carbocycles. The van der Waals surface area contributed by atoms with E-state index in [0.717, 1.165) is 18.4 Å². The van der Waals surface area contributed by atoms with Crippen LogP contribution in [0.3, 0.4) is 0 Å². The lowest BCUT2D eigenvalue weighted by Crippen LogP contribution is -2.27. The second kappa shape index (κ2) is 4.73. The van der Waals surface area contributed by atoms with Crippen LogP contribution in [0.1, 0.15) is 30.9 Å². The highest BCUT2D eigenvalue weighted by Crippen LogP contribution is 2.28. The summed E-state index contributed by atoms with van der Waals surface area (Å²) in [6, 6.07) is 6.38. The number of halogens is 1. The number of nitrogens with two attached hydrogens (primary N) is 1. The van der Waals surface area contributed by atoms with Gasteiger partial charge in [-0.25, -0.2) is 4.39 Å². The molecule has 15 heavy (non-hydrogen) atoms. The third-order valence-electron chi connectivity index (χ3n) is 2.86. The van der Waals surface area contributed by atoms with E-state index in [1.807, 2.05) is 0 Å². The van der Waals surface area contributed by atoms with Crippen molar-refractivity contribution >= 4 is 0 Å². The molecule has 82 valence electrons. The van der Waals surface area contributed by atoms with Crippen LogP contribution in [0.25, 0.3) is 0 Å². The van der Waals surface area contributed by atoms with Crippen LogP contribution in [0.5, 0.6) is 0 Å². The maximum absolute atomic E-state index is 12.7. The summed E-state index contributed by atoms with van der Waals surface area (Å²) in [6.45, 7) is 0.447. The van der Waals surface area contributed by atoms with Crippen LogP contribution < -0.4 is 5.73 Å². The van der Waals surface area contributed by atoms with E-state index in [1.165, 1.54) is 18.6 Å². The molecule has 3 heteroatoms. The summed E-state index contributed by atoms with van der Waals surface area (Å²) in [5.41, 5.74) is 6.61. The highest BCUT2D eigenvalue weighted by molar-refractivity contribution is 5.19. The molecular formula is C12H16FNO. The van der Waals surface area contributed by atoms with E-state index in [9.17, 15) is 4.39 Å². The molecule has 1 aromatic rings. The SMILES string of the molecule is NCC(OC1CCC1)c1ccc(F)cc1. The van der Waals surface area contributed by atoms with Gasteiger partial charge in [-0.1, -0.05) is 12.1 Å². The van der Waals surface area contributed by atoms with Crippen LogP contribution in [-0.2, 0) is 4.74 Å². The Balaban J connectivity index is 2.01. The van der Waals surface area contributed by atoms with Crippen molar-refractivity contribution in [2.75, 3.05) is 6.54 Å². The van der Waals surface area contributed by atoms with Crippen molar-refractivity contribution < 1.29 is 9.13 Å². The molecule has 0 amide bonds. The third-order valence-corrected chi connectivity index (χ3v) is 2.86. The van der Waals surface area contributed by atoms with Crippen molar-refractivity contribution in [2.45, 2.75) is 31.5 Å². The van der Waals surface area contributed by atoms with Crippen LogP contribution in [-0.4, -0.2) is 12.6 Å². The first-order chi connectivity index (χ1) is 7.29. The van der Waals surface area contributed by atoms with Crippen molar-refractivity contribution in [1.29, 1.82) is 0 Å². The highest BCUT2D eigenvalue weighted by atomic mass is 19.1. The third kappa shape index (κ3) is 2.55. The molecule has 1 fully saturated rings. The Kier molecular flexibility index (Phi) is 3.34. The van der Waals surface area contributed by atoms with Gasteiger partial charge in [0.05, 0.1) is 12.2 Å². The van der Waals surface area contributed by atoms with Crippen LogP contribution in [0.2, 0.25) is 0 Å². The molecule has 1 atom stereocenters. The molecule has 2 N–H and O–H groups in total. The molecule has 0 aromatic heterocycles. The average molecular weight is 209 g/mol. The fourth-order valence-corrected chi connectivity index (χ4v) is 1.69. The van der Waals surface area contributed by atoms with Crippen molar-refractivity contribution in [1.82, 2.24) is 0 Å². The Morgan fingerprint density at radius 2 is 2.00 bits per heavy atom. The van der Waals surface area contributed by atoms with Crippen LogP contribution in [0.4, 0.5) is 4.39 Å². The Labute approximate surface area is 89.2 Å². The number of hydrogen-bond acceptors (Lipinski definition) is 2. The van der Waals surface area contributed by atoms with Gasteiger partial charge in [0.25, 0.3) is 0 Å². The molecule has 0 spiro atoms. The average Bonchev–Trinajstić information content (AvgIpc) is 2.19. The number of benzene rings is 1. The monoisotopic (exact) mass is 209 g/mol. The van der Waals surface area contributed by atoms with Gasteiger partial charge in [-0.3, -0.25) is 0 Å². The van der Waals surface area contributed by atoms with E-state index in [4.69, 9.17) is 10.5 Å². The molecule has 1 aliphatic rings. The highest BCUT2D eigenvalue weighted by Gasteiger charge is 2.22. The summed E-state index contributed by atoms with van der Waals surface area (Å²) in [5.74, 6) is -0.224. The molecule has 1 aliphatic carbocycles. The molecule has 0 bridgehead atoms. The first-order valence-electron chi connectivity index (χ1n) is 5.40. The Morgan fingerprint density at radius 3 is 2.47 bits per heavy atom. The topological polar surface area (TPSA) is 35.2 Å². The summed E-state index contributed by atoms with van der Waals surface area (Å²) in [6.07, 6.45) is 3.75. The second-order valence-corrected chi connectivity index (χ2v) is 3.96. The zero-order valence-corrected chi connectivity index (χ0v) is 8.66. The smallest absolute Gasteiger partial charge is 0.123 e. The van der Waals surface area contributed by atoms with E-state index in [0.29, 0.717) is 12.6 Å². The Morgan fingerprint density at radius 1 is 1.33 bits per heavy atom. The van der Waals surface area contributed by atoms with Gasteiger partial charge in [-0.15, -0.1) is 0 Å². The van der Waals surface area contributed by atoms with Gasteiger partial charge in [0.1, 0.15) is 5.82 Å². The van der Waals surface area contributed by atoms with Crippen LogP contribution in [0.15, 0.2) is 24.3 Å². The predicted octanol–water partition coefficient (Wildman–Crippen LogP) is 2.39. The zero-order chi connectivity index (χ0) is 10.7. The van der Waals surface area contributed by atoms with Gasteiger partial charge < -0.3 is 10.5 Å². The Bertz CT molecular complexity index is 308. The van der Waals surface area contributed by atoms with Crippen molar-refractivity contribution in [3.8, 4) is 0 Å². The molecular weight excluding hydrogens is 193 g/mol. The normalized spacial score (nSPS) is 18.5. The minimum absolute atomic E-state index is 0.0871. The summed E-state index contributed by atoms with van der Waals surface area (Å²) < 4.78 is 18.5. The van der Waals surface area contributed by atoms with E-state index in [1.54, 1.807) is 12.1 Å². The molecule has 0 aliphatic heterocycles. The molecule has 0 radical (unpaired) electrons. The van der Waals surface area contributed by atoms with E-state index in [2.05, 4.69) is 0 Å². The molecule has 0 saturated heterocycles. The lowest BCUT2D eigenvalue weighted by molar-refractivity contribution is -0.0487. The lowest BCUT2D eigenvalue weighted by atomic mass is 9.95. The number of hydrogen-bond donors (Lipinski definition) is 1. The minimum Gasteiger partial charge on any atom is -0.369 e. The first-order valence-corrected chi connectivity index (χ1v) is 5.40. The van der Waals surface area contributed by atoms with Gasteiger partial charge in [0.2, 0.25) is 0 Å². The van der Waals surface area contributed by atoms with E-state index in [-0.39, 0.29) is 11.9 Å². The molecule has 0 heterocycles. The van der Waals surface area contributed by atoms with Gasteiger partial charge in [0.15, 0.2) is 0 Å². The first kappa shape index (κ1) is 10.6. The van der Waals surface area contributed by atoms with Gasteiger partial charge in [0, 0.05) is 6.54 Å². The summed E-state index contributed by atoms with van der Waals surface area (Å²) in [4.78, 5) is 0. The maximum Gasteiger partial charge on any atom is 0.123 e. The fourth-order valence-electron chi connectivity index (χ4n) is 1.69. The minimum atomic E-state index is -0.224. The lowest BCUT2D eigenvalue weighted by Gasteiger charge is -2.30. The van der Waals surface area contributed by atoms with Crippen LogP contribution in [0, 0.1) is 5.82 Å². The largest absolute Gasteiger partial charge is 0.369 e. The molecule has 1 unspecified atom stereocenters. The summed E-state index contributed by atoms with van der Waals surface area (Å²) in [5, 5.41) is 0. The number of ether oxygens (including phenoxy) is 1. The van der Waals surface area contributed by atoms with E-state index >= 15 is 0 Å². The van der Waals surface area contributed by atoms with Crippen molar-refractivity contribution in [3.63, 3.8) is 0 Å². The summed E-state index contributed by atoms with van der Waals surface area (Å²) in [7, 11) is 0. The fraction of sp³-hybridized carbons (Fsp3) is 0.500. The standard InChI is InChI=1S/C12H16FNO/c13-10-6-4-9(5-7-10)12(8-14)15-11-2-1-3-11/h4-7,11-12H,1-3,8,14H2. The van der Waals surface area contributed by atoms with E-state index < -0.39 is 0 Å². The molecule has 1 aromatic carbocycles. The van der Waals surface area contributed by atoms with Crippen molar-refractivity contribution in [3.05, 3.63) is 35.6 Å². The van der Waals surface area contributed by atoms with Gasteiger partial charge in [-0.2, -0.15) is 0 Å². The van der Waals surface area contributed by atoms with Gasteiger partial charge in [-0.05, 0) is 37.0 Å². The maximum atomic E-state index is 12.7. The summed E-state index contributed by atoms with van der Waals surface area (Å²) >= 11 is 0. The predicted molar refractivity (Wildman–Crippen MR) is 56.9 cm³/mol. The quantitative estimate of drug-likeness (QED) is 0.826. The number of rotatable bonds is 4. The van der Waals surface area contributed by atoms with Crippen molar-refractivity contribution in [2.24, 2.45) is 5.73 Å². The zero-order valence-electron chi connectivity index (χ0n) is 8.66. The van der Waals surface area contributed by atoms with Crippen LogP contribution >= 0.6 is 0 Å². The molecule has 2 nitrogen and oxygen atoms in total. The van der Waals surface area contributed by atoms with Gasteiger partial charge >= 0.3 is 0 Å².